The molecule has 0 aliphatic rings. The normalized spacial score (nSPS) is 10.6. The number of pyridine rings is 1. The highest BCUT2D eigenvalue weighted by Gasteiger charge is 2.17. The Hall–Kier alpha value is -2.33. The first kappa shape index (κ1) is 11.7. The molecule has 0 unspecified atom stereocenters. The molecule has 0 saturated heterocycles. The van der Waals surface area contributed by atoms with Crippen molar-refractivity contribution in [3.05, 3.63) is 53.8 Å². The van der Waals surface area contributed by atoms with Gasteiger partial charge >= 0.3 is 0 Å². The van der Waals surface area contributed by atoms with E-state index in [1.165, 1.54) is 0 Å². The third-order valence-corrected chi connectivity index (χ3v) is 3.03. The van der Waals surface area contributed by atoms with Crippen molar-refractivity contribution in [2.45, 2.75) is 0 Å². The molecule has 0 fully saturated rings. The van der Waals surface area contributed by atoms with Gasteiger partial charge in [-0.1, -0.05) is 22.8 Å². The highest BCUT2D eigenvalue weighted by atomic mass is 35.5. The molecule has 3 aromatic rings. The van der Waals surface area contributed by atoms with Crippen molar-refractivity contribution < 1.29 is 4.52 Å². The topological polar surface area (TPSA) is 64.9 Å². The fourth-order valence-electron chi connectivity index (χ4n) is 1.89. The van der Waals surface area contributed by atoms with Gasteiger partial charge in [-0.05, 0) is 30.3 Å². The quantitative estimate of drug-likeness (QED) is 0.773. The Morgan fingerprint density at radius 2 is 1.84 bits per heavy atom. The second-order valence-electron chi connectivity index (χ2n) is 4.02. The number of hydrogen-bond donors (Lipinski definition) is 1. The van der Waals surface area contributed by atoms with Crippen LogP contribution in [0.25, 0.3) is 22.5 Å². The van der Waals surface area contributed by atoms with Crippen LogP contribution in [0.1, 0.15) is 0 Å². The van der Waals surface area contributed by atoms with E-state index >= 15 is 0 Å². The van der Waals surface area contributed by atoms with Crippen LogP contribution in [0, 0.1) is 0 Å². The number of rotatable bonds is 2. The molecule has 2 N–H and O–H groups in total. The number of anilines is 1. The van der Waals surface area contributed by atoms with Gasteiger partial charge in [-0.25, -0.2) is 0 Å². The summed E-state index contributed by atoms with van der Waals surface area (Å²) in [6, 6.07) is 11.1. The third-order valence-electron chi connectivity index (χ3n) is 2.78. The van der Waals surface area contributed by atoms with Crippen LogP contribution in [0.15, 0.2) is 53.3 Å². The maximum atomic E-state index is 5.88. The lowest BCUT2D eigenvalue weighted by Gasteiger charge is -2.02. The average Bonchev–Trinajstić information content (AvgIpc) is 2.82. The lowest BCUT2D eigenvalue weighted by Crippen LogP contribution is -1.89. The first-order chi connectivity index (χ1) is 9.25. The molecule has 2 aromatic heterocycles. The Morgan fingerprint density at radius 1 is 1.05 bits per heavy atom. The summed E-state index contributed by atoms with van der Waals surface area (Å²) in [6.45, 7) is 0. The molecule has 2 heterocycles. The summed E-state index contributed by atoms with van der Waals surface area (Å²) < 4.78 is 5.33. The number of aromatic nitrogens is 2. The number of hydrogen-bond acceptors (Lipinski definition) is 4. The maximum Gasteiger partial charge on any atom is 0.176 e. The molecule has 0 saturated carbocycles. The van der Waals surface area contributed by atoms with Gasteiger partial charge in [0.1, 0.15) is 0 Å². The minimum Gasteiger partial charge on any atom is -0.380 e. The van der Waals surface area contributed by atoms with Crippen LogP contribution in [0.3, 0.4) is 0 Å². The predicted molar refractivity (Wildman–Crippen MR) is 74.6 cm³/mol. The fourth-order valence-corrected chi connectivity index (χ4v) is 2.02. The monoisotopic (exact) mass is 271 g/mol. The predicted octanol–water partition coefficient (Wildman–Crippen LogP) is 3.64. The van der Waals surface area contributed by atoms with Crippen molar-refractivity contribution in [1.29, 1.82) is 0 Å². The van der Waals surface area contributed by atoms with E-state index in [1.54, 1.807) is 24.5 Å². The van der Waals surface area contributed by atoms with Crippen molar-refractivity contribution in [2.24, 2.45) is 0 Å². The molecule has 0 aliphatic heterocycles. The highest BCUT2D eigenvalue weighted by Crippen LogP contribution is 2.36. The molecule has 19 heavy (non-hydrogen) atoms. The van der Waals surface area contributed by atoms with Gasteiger partial charge in [-0.2, -0.15) is 0 Å². The van der Waals surface area contributed by atoms with E-state index in [0.29, 0.717) is 16.6 Å². The summed E-state index contributed by atoms with van der Waals surface area (Å²) >= 11 is 5.88. The number of benzene rings is 1. The van der Waals surface area contributed by atoms with Gasteiger partial charge in [0.25, 0.3) is 0 Å². The van der Waals surface area contributed by atoms with Crippen molar-refractivity contribution in [3.63, 3.8) is 0 Å². The van der Waals surface area contributed by atoms with Gasteiger partial charge < -0.3 is 10.3 Å². The van der Waals surface area contributed by atoms with Crippen molar-refractivity contribution in [2.75, 3.05) is 5.73 Å². The Balaban J connectivity index is 2.16. The van der Waals surface area contributed by atoms with Crippen molar-refractivity contribution in [3.8, 4) is 22.5 Å². The zero-order valence-electron chi connectivity index (χ0n) is 9.88. The maximum absolute atomic E-state index is 5.88. The minimum atomic E-state index is 0.345. The molecule has 4 nitrogen and oxygen atoms in total. The van der Waals surface area contributed by atoms with Crippen LogP contribution < -0.4 is 5.73 Å². The molecule has 0 bridgehead atoms. The number of nitrogens with zero attached hydrogens (tertiary/aromatic N) is 2. The Morgan fingerprint density at radius 3 is 2.53 bits per heavy atom. The van der Waals surface area contributed by atoms with E-state index in [0.717, 1.165) is 16.7 Å². The molecular weight excluding hydrogens is 262 g/mol. The second kappa shape index (κ2) is 4.74. The molecule has 1 aromatic carbocycles. The standard InChI is InChI=1S/C14H10ClN3O/c15-11-5-3-9(4-6-11)13-12(14(16)18-19-13)10-2-1-7-17-8-10/h1-8H,(H2,16,18). The number of halogens is 1. The second-order valence-corrected chi connectivity index (χ2v) is 4.46. The van der Waals surface area contributed by atoms with Gasteiger partial charge in [0.05, 0.1) is 5.56 Å². The summed E-state index contributed by atoms with van der Waals surface area (Å²) in [5, 5.41) is 4.50. The number of nitrogen functional groups attached to an aromatic ring is 1. The van der Waals surface area contributed by atoms with Crippen molar-refractivity contribution >= 4 is 17.4 Å². The fraction of sp³-hybridized carbons (Fsp3) is 0. The van der Waals surface area contributed by atoms with Crippen molar-refractivity contribution in [1.82, 2.24) is 10.1 Å². The van der Waals surface area contributed by atoms with Gasteiger partial charge in [-0.15, -0.1) is 0 Å². The highest BCUT2D eigenvalue weighted by molar-refractivity contribution is 6.30. The van der Waals surface area contributed by atoms with Gasteiger partial charge in [0, 0.05) is 28.5 Å². The summed E-state index contributed by atoms with van der Waals surface area (Å²) in [6.07, 6.45) is 3.43. The molecule has 0 amide bonds. The van der Waals surface area contributed by atoms with Gasteiger partial charge in [-0.3, -0.25) is 4.98 Å². The zero-order chi connectivity index (χ0) is 13.2. The van der Waals surface area contributed by atoms with Gasteiger partial charge in [0.2, 0.25) is 0 Å². The van der Waals surface area contributed by atoms with E-state index < -0.39 is 0 Å². The lowest BCUT2D eigenvalue weighted by molar-refractivity contribution is 0.436. The largest absolute Gasteiger partial charge is 0.380 e. The Labute approximate surface area is 114 Å². The SMILES string of the molecule is Nc1noc(-c2ccc(Cl)cc2)c1-c1cccnc1. The molecule has 3 rings (SSSR count). The summed E-state index contributed by atoms with van der Waals surface area (Å²) in [7, 11) is 0. The van der Waals surface area contributed by atoms with Gasteiger partial charge in [0.15, 0.2) is 11.6 Å². The first-order valence-electron chi connectivity index (χ1n) is 5.67. The third kappa shape index (κ3) is 2.18. The van der Waals surface area contributed by atoms with Crippen LogP contribution in [0.4, 0.5) is 5.82 Å². The van der Waals surface area contributed by atoms with Crippen LogP contribution in [-0.2, 0) is 0 Å². The molecule has 0 aliphatic carbocycles. The minimum absolute atomic E-state index is 0.345. The smallest absolute Gasteiger partial charge is 0.176 e. The van der Waals surface area contributed by atoms with E-state index in [9.17, 15) is 0 Å². The van der Waals surface area contributed by atoms with E-state index in [-0.39, 0.29) is 0 Å². The molecule has 5 heteroatoms. The van der Waals surface area contributed by atoms with Crippen LogP contribution in [0.5, 0.6) is 0 Å². The van der Waals surface area contributed by atoms with E-state index in [4.69, 9.17) is 21.9 Å². The Bertz CT molecular complexity index is 692. The average molecular weight is 272 g/mol. The molecule has 94 valence electrons. The number of nitrogens with two attached hydrogens (primary N) is 1. The van der Waals surface area contributed by atoms with Crippen LogP contribution in [-0.4, -0.2) is 10.1 Å². The summed E-state index contributed by atoms with van der Waals surface area (Å²) in [4.78, 5) is 4.08. The van der Waals surface area contributed by atoms with E-state index in [2.05, 4.69) is 10.1 Å². The molecule has 0 radical (unpaired) electrons. The molecule has 0 spiro atoms. The van der Waals surface area contributed by atoms with E-state index in [1.807, 2.05) is 24.3 Å². The lowest BCUT2D eigenvalue weighted by atomic mass is 10.0. The zero-order valence-corrected chi connectivity index (χ0v) is 10.6. The Kier molecular flexibility index (Phi) is 2.93. The molecular formula is C14H10ClN3O. The van der Waals surface area contributed by atoms with Crippen LogP contribution >= 0.6 is 11.6 Å². The first-order valence-corrected chi connectivity index (χ1v) is 6.05. The summed E-state index contributed by atoms with van der Waals surface area (Å²) in [5.74, 6) is 0.958. The van der Waals surface area contributed by atoms with Crippen LogP contribution in [0.2, 0.25) is 5.02 Å². The molecule has 0 atom stereocenters. The summed E-state index contributed by atoms with van der Waals surface area (Å²) in [5.41, 5.74) is 8.36.